The molecule has 3 heteroatoms. The van der Waals surface area contributed by atoms with Gasteiger partial charge < -0.3 is 0 Å². The number of carbonyl (C=O) groups excluding carboxylic acids is 1. The highest BCUT2D eigenvalue weighted by atomic mass is 127. The third kappa shape index (κ3) is 3.21. The molecule has 0 rings (SSSR count). The van der Waals surface area contributed by atoms with Gasteiger partial charge in [0, 0.05) is 0 Å². The Morgan fingerprint density at radius 3 is 1.50 bits per heavy atom. The fourth-order valence-electron chi connectivity index (χ4n) is 0.316. The predicted octanol–water partition coefficient (Wildman–Crippen LogP) is 2.20. The van der Waals surface area contributed by atoms with Gasteiger partial charge in [-0.05, 0) is 13.8 Å². The topological polar surface area (TPSA) is 17.1 Å². The van der Waals surface area contributed by atoms with Gasteiger partial charge in [0.2, 0.25) is 0 Å². The lowest BCUT2D eigenvalue weighted by Gasteiger charge is -2.02. The molecule has 0 aromatic carbocycles. The molecule has 0 radical (unpaired) electrons. The van der Waals surface area contributed by atoms with Gasteiger partial charge in [0.05, 0.1) is 7.85 Å². The maximum Gasteiger partial charge on any atom is 0.157 e. The largest absolute Gasteiger partial charge is 0.297 e. The van der Waals surface area contributed by atoms with Crippen LogP contribution in [-0.4, -0.2) is 13.6 Å². The van der Waals surface area contributed by atoms with Crippen molar-refractivity contribution in [3.63, 3.8) is 0 Å². The van der Waals surface area contributed by atoms with Crippen molar-refractivity contribution in [3.05, 3.63) is 0 Å². The highest BCUT2D eigenvalue weighted by Gasteiger charge is 2.13. The van der Waals surface area contributed by atoms with E-state index in [1.807, 2.05) is 13.8 Å². The van der Waals surface area contributed by atoms with Gasteiger partial charge in [-0.1, -0.05) is 45.2 Å². The third-order valence-corrected chi connectivity index (χ3v) is 2.01. The van der Waals surface area contributed by atoms with Crippen LogP contribution in [0, 0.1) is 0 Å². The highest BCUT2D eigenvalue weighted by Crippen LogP contribution is 2.09. The monoisotopic (exact) mass is 338 g/mol. The number of halogens is 2. The zero-order valence-electron chi connectivity index (χ0n) is 4.82. The van der Waals surface area contributed by atoms with Crippen LogP contribution < -0.4 is 0 Å². The van der Waals surface area contributed by atoms with E-state index in [0.29, 0.717) is 5.78 Å². The lowest BCUT2D eigenvalue weighted by Crippen LogP contribution is -2.17. The van der Waals surface area contributed by atoms with Crippen molar-refractivity contribution in [3.8, 4) is 0 Å². The van der Waals surface area contributed by atoms with Crippen LogP contribution in [0.1, 0.15) is 13.8 Å². The molecule has 0 aliphatic carbocycles. The maximum absolute atomic E-state index is 10.8. The highest BCUT2D eigenvalue weighted by molar-refractivity contribution is 14.1. The van der Waals surface area contributed by atoms with Crippen LogP contribution in [0.3, 0.4) is 0 Å². The molecule has 1 nitrogen and oxygen atoms in total. The molecule has 0 heterocycles. The van der Waals surface area contributed by atoms with Crippen molar-refractivity contribution in [2.75, 3.05) is 0 Å². The summed E-state index contributed by atoms with van der Waals surface area (Å²) in [4.78, 5) is 10.8. The van der Waals surface area contributed by atoms with E-state index in [-0.39, 0.29) is 7.85 Å². The van der Waals surface area contributed by atoms with Gasteiger partial charge in [-0.2, -0.15) is 0 Å². The lowest BCUT2D eigenvalue weighted by molar-refractivity contribution is -0.116. The first-order chi connectivity index (χ1) is 3.55. The summed E-state index contributed by atoms with van der Waals surface area (Å²) < 4.78 is 0.332. The van der Waals surface area contributed by atoms with Crippen LogP contribution in [0.25, 0.3) is 0 Å². The summed E-state index contributed by atoms with van der Waals surface area (Å²) >= 11 is 4.26. The molecule has 0 aromatic heterocycles. The summed E-state index contributed by atoms with van der Waals surface area (Å²) in [5.41, 5.74) is 0. The van der Waals surface area contributed by atoms with Crippen molar-refractivity contribution in [2.24, 2.45) is 0 Å². The average molecular weight is 338 g/mol. The van der Waals surface area contributed by atoms with Crippen molar-refractivity contribution in [1.29, 1.82) is 0 Å². The summed E-state index contributed by atoms with van der Waals surface area (Å²) in [6.45, 7) is 3.83. The first-order valence-electron chi connectivity index (χ1n) is 2.37. The normalized spacial score (nSPS) is 17.5. The number of hydrogen-bond donors (Lipinski definition) is 0. The zero-order valence-corrected chi connectivity index (χ0v) is 9.13. The molecule has 8 heavy (non-hydrogen) atoms. The molecular weight excluding hydrogens is 330 g/mol. The Morgan fingerprint density at radius 2 is 1.50 bits per heavy atom. The fraction of sp³-hybridized carbons (Fsp3) is 0.800. The van der Waals surface area contributed by atoms with E-state index in [4.69, 9.17) is 0 Å². The number of hydrogen-bond acceptors (Lipinski definition) is 1. The first-order valence-corrected chi connectivity index (χ1v) is 4.86. The minimum absolute atomic E-state index is 0.166. The molecule has 0 spiro atoms. The standard InChI is InChI=1S/C5H8I2O/c1-3(6)5(8)4(2)7/h3-4H,1-2H3/t3-,4+. The Bertz CT molecular complexity index is 78.4. The summed E-state index contributed by atoms with van der Waals surface area (Å²) in [6.07, 6.45) is 0. The van der Waals surface area contributed by atoms with Crippen molar-refractivity contribution >= 4 is 51.0 Å². The summed E-state index contributed by atoms with van der Waals surface area (Å²) in [5, 5.41) is 0. The number of alkyl halides is 2. The van der Waals surface area contributed by atoms with Gasteiger partial charge in [-0.3, -0.25) is 4.79 Å². The van der Waals surface area contributed by atoms with E-state index < -0.39 is 0 Å². The molecule has 0 fully saturated rings. The van der Waals surface area contributed by atoms with Crippen molar-refractivity contribution < 1.29 is 4.79 Å². The van der Waals surface area contributed by atoms with E-state index in [2.05, 4.69) is 45.2 Å². The van der Waals surface area contributed by atoms with Crippen molar-refractivity contribution in [2.45, 2.75) is 21.7 Å². The molecule has 48 valence electrons. The second-order valence-corrected chi connectivity index (χ2v) is 5.37. The van der Waals surface area contributed by atoms with E-state index in [1.165, 1.54) is 0 Å². The Hall–Kier alpha value is 1.13. The quantitative estimate of drug-likeness (QED) is 0.557. The van der Waals surface area contributed by atoms with Crippen LogP contribution in [0.15, 0.2) is 0 Å². The zero-order chi connectivity index (χ0) is 6.73. The molecule has 0 aliphatic heterocycles. The average Bonchev–Trinajstić information content (AvgIpc) is 1.64. The van der Waals surface area contributed by atoms with Gasteiger partial charge in [0.25, 0.3) is 0 Å². The van der Waals surface area contributed by atoms with Crippen LogP contribution in [0.2, 0.25) is 0 Å². The molecular formula is C5H8I2O. The Balaban J connectivity index is 3.65. The van der Waals surface area contributed by atoms with Crippen LogP contribution >= 0.6 is 45.2 Å². The smallest absolute Gasteiger partial charge is 0.157 e. The number of carbonyl (C=O) groups is 1. The van der Waals surface area contributed by atoms with Crippen LogP contribution in [-0.2, 0) is 4.79 Å². The second kappa shape index (κ2) is 4.03. The summed E-state index contributed by atoms with van der Waals surface area (Å²) in [6, 6.07) is 0. The Morgan fingerprint density at radius 1 is 1.25 bits per heavy atom. The fourth-order valence-corrected chi connectivity index (χ4v) is 2.08. The minimum atomic E-state index is 0.166. The minimum Gasteiger partial charge on any atom is -0.297 e. The number of ketones is 1. The van der Waals surface area contributed by atoms with E-state index >= 15 is 0 Å². The second-order valence-electron chi connectivity index (χ2n) is 1.63. The van der Waals surface area contributed by atoms with Gasteiger partial charge in [0.1, 0.15) is 0 Å². The van der Waals surface area contributed by atoms with Crippen LogP contribution in [0.5, 0.6) is 0 Å². The summed E-state index contributed by atoms with van der Waals surface area (Å²) in [7, 11) is 0. The summed E-state index contributed by atoms with van der Waals surface area (Å²) in [5.74, 6) is 0.325. The van der Waals surface area contributed by atoms with Crippen LogP contribution in [0.4, 0.5) is 0 Å². The molecule has 0 unspecified atom stereocenters. The Labute approximate surface area is 76.9 Å². The number of rotatable bonds is 2. The van der Waals surface area contributed by atoms with E-state index in [9.17, 15) is 4.79 Å². The molecule has 0 aromatic rings. The molecule has 0 saturated carbocycles. The first kappa shape index (κ1) is 9.13. The van der Waals surface area contributed by atoms with Gasteiger partial charge >= 0.3 is 0 Å². The van der Waals surface area contributed by atoms with Crippen molar-refractivity contribution in [1.82, 2.24) is 0 Å². The molecule has 0 saturated heterocycles. The molecule has 0 N–H and O–H groups in total. The van der Waals surface area contributed by atoms with E-state index in [0.717, 1.165) is 0 Å². The van der Waals surface area contributed by atoms with Gasteiger partial charge in [-0.25, -0.2) is 0 Å². The molecule has 2 atom stereocenters. The predicted molar refractivity (Wildman–Crippen MR) is 52.0 cm³/mol. The molecule has 0 amide bonds. The molecule has 0 bridgehead atoms. The van der Waals surface area contributed by atoms with E-state index in [1.54, 1.807) is 0 Å². The molecule has 0 aliphatic rings. The third-order valence-electron chi connectivity index (χ3n) is 0.784. The number of Topliss-reactive ketones (excluding diaryl/α,β-unsaturated/α-hetero) is 1. The maximum atomic E-state index is 10.8. The SMILES string of the molecule is C[C@H](I)C(=O)[C@@H](C)I. The Kier molecular flexibility index (Phi) is 4.60. The lowest BCUT2D eigenvalue weighted by atomic mass is 10.2. The van der Waals surface area contributed by atoms with Gasteiger partial charge in [-0.15, -0.1) is 0 Å². The van der Waals surface area contributed by atoms with Gasteiger partial charge in [0.15, 0.2) is 5.78 Å².